The van der Waals surface area contributed by atoms with Crippen LogP contribution in [0.25, 0.3) is 0 Å². The molecule has 3 N–H and O–H groups in total. The number of ether oxygens (including phenoxy) is 2. The Morgan fingerprint density at radius 3 is 2.44 bits per heavy atom. The molecular weight excluding hydrogens is 328 g/mol. The van der Waals surface area contributed by atoms with E-state index in [1.165, 1.54) is 25.5 Å². The van der Waals surface area contributed by atoms with Gasteiger partial charge in [0.2, 0.25) is 0 Å². The Balaban J connectivity index is 1.94. The molecule has 2 aromatic carbocycles. The molecule has 0 bridgehead atoms. The first-order valence-electron chi connectivity index (χ1n) is 7.14. The number of aromatic hydroxyl groups is 1. The minimum Gasteiger partial charge on any atom is -0.507 e. The molecule has 2 rings (SSSR count). The number of methoxy groups -OCH3 is 1. The number of nitrogens with one attached hydrogen (secondary N) is 1. The smallest absolute Gasteiger partial charge is 0.341 e. The van der Waals surface area contributed by atoms with Gasteiger partial charge in [0, 0.05) is 6.07 Å². The number of nitrogens with zero attached hydrogens (tertiary/aromatic N) is 1. The van der Waals surface area contributed by atoms with E-state index in [0.717, 1.165) is 0 Å². The molecule has 0 radical (unpaired) electrons. The van der Waals surface area contributed by atoms with Gasteiger partial charge in [-0.1, -0.05) is 0 Å². The van der Waals surface area contributed by atoms with Gasteiger partial charge in [-0.15, -0.1) is 0 Å². The first-order chi connectivity index (χ1) is 12.0. The Morgan fingerprint density at radius 1 is 1.16 bits per heavy atom. The van der Waals surface area contributed by atoms with Gasteiger partial charge in [-0.3, -0.25) is 4.79 Å². The molecule has 8 nitrogen and oxygen atoms in total. The van der Waals surface area contributed by atoms with Crippen LogP contribution in [0.3, 0.4) is 0 Å². The van der Waals surface area contributed by atoms with E-state index in [-0.39, 0.29) is 11.3 Å². The molecule has 8 heteroatoms. The maximum Gasteiger partial charge on any atom is 0.341 e. The van der Waals surface area contributed by atoms with Crippen LogP contribution in [-0.2, 0) is 4.79 Å². The van der Waals surface area contributed by atoms with Crippen LogP contribution in [0.15, 0.2) is 47.6 Å². The summed E-state index contributed by atoms with van der Waals surface area (Å²) in [6.45, 7) is -0.422. The molecule has 0 saturated carbocycles. The summed E-state index contributed by atoms with van der Waals surface area (Å²) in [5, 5.41) is 22.1. The highest BCUT2D eigenvalue weighted by Gasteiger charge is 2.11. The van der Waals surface area contributed by atoms with E-state index in [1.54, 1.807) is 30.3 Å². The van der Waals surface area contributed by atoms with Crippen molar-refractivity contribution in [2.45, 2.75) is 0 Å². The van der Waals surface area contributed by atoms with Crippen LogP contribution >= 0.6 is 0 Å². The van der Waals surface area contributed by atoms with Gasteiger partial charge in [-0.25, -0.2) is 10.2 Å². The average Bonchev–Trinajstić information content (AvgIpc) is 2.60. The number of amides is 1. The van der Waals surface area contributed by atoms with Gasteiger partial charge in [0.15, 0.2) is 6.61 Å². The maximum atomic E-state index is 12.0. The minimum atomic E-state index is -1.06. The molecule has 130 valence electrons. The molecule has 0 saturated heterocycles. The molecule has 0 aliphatic heterocycles. The number of phenolic OH excluding ortho intramolecular Hbond substituents is 1. The van der Waals surface area contributed by atoms with E-state index < -0.39 is 18.5 Å². The molecule has 0 atom stereocenters. The molecule has 0 spiro atoms. The number of phenols is 1. The second-order valence-electron chi connectivity index (χ2n) is 4.83. The predicted octanol–water partition coefficient (Wildman–Crippen LogP) is 1.63. The fourth-order valence-corrected chi connectivity index (χ4v) is 1.85. The Hall–Kier alpha value is -3.55. The van der Waals surface area contributed by atoms with E-state index >= 15 is 0 Å². The molecule has 2 aromatic rings. The highest BCUT2D eigenvalue weighted by atomic mass is 16.5. The van der Waals surface area contributed by atoms with E-state index in [1.807, 2.05) is 0 Å². The first kappa shape index (κ1) is 17.8. The van der Waals surface area contributed by atoms with E-state index in [0.29, 0.717) is 17.1 Å². The van der Waals surface area contributed by atoms with E-state index in [9.17, 15) is 14.7 Å². The van der Waals surface area contributed by atoms with Crippen molar-refractivity contribution in [3.05, 3.63) is 53.6 Å². The lowest BCUT2D eigenvalue weighted by molar-refractivity contribution is -0.139. The number of benzene rings is 2. The molecule has 25 heavy (non-hydrogen) atoms. The third kappa shape index (κ3) is 5.24. The largest absolute Gasteiger partial charge is 0.507 e. The van der Waals surface area contributed by atoms with Crippen LogP contribution in [0.1, 0.15) is 15.9 Å². The second-order valence-corrected chi connectivity index (χ2v) is 4.83. The van der Waals surface area contributed by atoms with Crippen LogP contribution in [0, 0.1) is 0 Å². The van der Waals surface area contributed by atoms with Crippen LogP contribution in [0.2, 0.25) is 0 Å². The number of aliphatic carboxylic acids is 1. The lowest BCUT2D eigenvalue weighted by atomic mass is 10.2. The lowest BCUT2D eigenvalue weighted by Gasteiger charge is -2.05. The Morgan fingerprint density at radius 2 is 1.84 bits per heavy atom. The average molecular weight is 344 g/mol. The molecule has 0 fully saturated rings. The number of carbonyl (C=O) groups excluding carboxylic acids is 1. The molecular formula is C17H16N2O6. The van der Waals surface area contributed by atoms with Gasteiger partial charge in [0.1, 0.15) is 17.2 Å². The van der Waals surface area contributed by atoms with Crippen molar-refractivity contribution in [1.82, 2.24) is 5.43 Å². The normalized spacial score (nSPS) is 10.4. The highest BCUT2D eigenvalue weighted by Crippen LogP contribution is 2.23. The van der Waals surface area contributed by atoms with Gasteiger partial charge >= 0.3 is 5.97 Å². The van der Waals surface area contributed by atoms with Crippen molar-refractivity contribution in [2.24, 2.45) is 5.10 Å². The van der Waals surface area contributed by atoms with Crippen molar-refractivity contribution in [3.63, 3.8) is 0 Å². The third-order valence-electron chi connectivity index (χ3n) is 3.07. The third-order valence-corrected chi connectivity index (χ3v) is 3.07. The van der Waals surface area contributed by atoms with Gasteiger partial charge < -0.3 is 19.7 Å². The zero-order valence-corrected chi connectivity index (χ0v) is 13.3. The summed E-state index contributed by atoms with van der Waals surface area (Å²) in [6.07, 6.45) is 1.40. The monoisotopic (exact) mass is 344 g/mol. The van der Waals surface area contributed by atoms with Crippen LogP contribution in [-0.4, -0.2) is 42.0 Å². The quantitative estimate of drug-likeness (QED) is 0.519. The number of carboxylic acid groups (broad SMARTS) is 1. The van der Waals surface area contributed by atoms with Gasteiger partial charge in [-0.05, 0) is 42.0 Å². The summed E-state index contributed by atoms with van der Waals surface area (Å²) in [5.41, 5.74) is 3.03. The topological polar surface area (TPSA) is 117 Å². The molecule has 0 unspecified atom stereocenters. The fraction of sp³-hybridized carbons (Fsp3) is 0.118. The van der Waals surface area contributed by atoms with Crippen molar-refractivity contribution < 1.29 is 29.3 Å². The van der Waals surface area contributed by atoms with Crippen molar-refractivity contribution in [2.75, 3.05) is 13.7 Å². The van der Waals surface area contributed by atoms with Crippen LogP contribution in [0.4, 0.5) is 0 Å². The zero-order valence-electron chi connectivity index (χ0n) is 13.3. The zero-order chi connectivity index (χ0) is 18.2. The Labute approximate surface area is 143 Å². The number of carbonyl (C=O) groups is 2. The summed E-state index contributed by atoms with van der Waals surface area (Å²) in [5.74, 6) is -1.01. The van der Waals surface area contributed by atoms with E-state index in [4.69, 9.17) is 14.6 Å². The van der Waals surface area contributed by atoms with E-state index in [2.05, 4.69) is 10.5 Å². The van der Waals surface area contributed by atoms with Crippen molar-refractivity contribution in [3.8, 4) is 17.2 Å². The number of hydrogen-bond donors (Lipinski definition) is 3. The summed E-state index contributed by atoms with van der Waals surface area (Å²) in [7, 11) is 1.46. The van der Waals surface area contributed by atoms with Crippen LogP contribution < -0.4 is 14.9 Å². The molecule has 0 heterocycles. The predicted molar refractivity (Wildman–Crippen MR) is 89.3 cm³/mol. The van der Waals surface area contributed by atoms with Crippen molar-refractivity contribution in [1.29, 1.82) is 0 Å². The first-order valence-corrected chi connectivity index (χ1v) is 7.14. The summed E-state index contributed by atoms with van der Waals surface area (Å²) in [4.78, 5) is 22.4. The van der Waals surface area contributed by atoms with Gasteiger partial charge in [-0.2, -0.15) is 5.10 Å². The maximum absolute atomic E-state index is 12.0. The molecule has 0 aliphatic rings. The lowest BCUT2D eigenvalue weighted by Crippen LogP contribution is -2.17. The number of carboxylic acids is 1. The Bertz CT molecular complexity index is 786. The number of hydrogen-bond acceptors (Lipinski definition) is 6. The van der Waals surface area contributed by atoms with Crippen LogP contribution in [0.5, 0.6) is 17.2 Å². The molecule has 1 amide bonds. The molecule has 0 aliphatic carbocycles. The fourth-order valence-electron chi connectivity index (χ4n) is 1.85. The second kappa shape index (κ2) is 8.34. The highest BCUT2D eigenvalue weighted by molar-refractivity contribution is 5.97. The van der Waals surface area contributed by atoms with Gasteiger partial charge in [0.25, 0.3) is 5.91 Å². The Kier molecular flexibility index (Phi) is 5.94. The summed E-state index contributed by atoms with van der Waals surface area (Å²) in [6, 6.07) is 10.8. The standard InChI is InChI=1S/C17H16N2O6/c1-24-13-6-7-14(15(20)8-13)17(23)19-18-9-11-2-4-12(5-3-11)25-10-16(21)22/h2-9,20H,10H2,1H3,(H,19,23)(H,21,22)/b18-9-. The van der Waals surface area contributed by atoms with Gasteiger partial charge in [0.05, 0.1) is 18.9 Å². The number of hydrazone groups is 1. The minimum absolute atomic E-state index is 0.0652. The number of rotatable bonds is 7. The SMILES string of the molecule is COc1ccc(C(=O)N/N=C\c2ccc(OCC(=O)O)cc2)c(O)c1. The summed E-state index contributed by atoms with van der Waals surface area (Å²) >= 11 is 0. The molecule has 0 aromatic heterocycles. The van der Waals surface area contributed by atoms with Crippen molar-refractivity contribution >= 4 is 18.1 Å². The summed E-state index contributed by atoms with van der Waals surface area (Å²) < 4.78 is 9.95.